The lowest BCUT2D eigenvalue weighted by molar-refractivity contribution is 0.0602. The Balaban J connectivity index is 1.46. The molecule has 4 aromatic rings. The normalized spacial score (nSPS) is 13.8. The summed E-state index contributed by atoms with van der Waals surface area (Å²) in [6.45, 7) is 4.08. The minimum atomic E-state index is -0.394. The number of thioether (sulfide) groups is 1. The molecule has 0 unspecified atom stereocenters. The molecule has 1 fully saturated rings. The van der Waals surface area contributed by atoms with Crippen LogP contribution in [-0.2, 0) is 10.5 Å². The van der Waals surface area contributed by atoms with Crippen LogP contribution in [0.5, 0.6) is 0 Å². The minimum absolute atomic E-state index is 0.394. The first-order valence-electron chi connectivity index (χ1n) is 10.6. The van der Waals surface area contributed by atoms with Crippen LogP contribution in [0.25, 0.3) is 11.3 Å². The number of aryl methyl sites for hydroxylation is 1. The Morgan fingerprint density at radius 1 is 1.12 bits per heavy atom. The number of benzene rings is 1. The molecule has 8 nitrogen and oxygen atoms in total. The maximum atomic E-state index is 12.1. The SMILES string of the molecule is COC(=O)c1cccn2cc(CSc3nnc(N4CCCC4)n3-c3ccc(C)cc3)nc12. The first kappa shape index (κ1) is 20.6. The van der Waals surface area contributed by atoms with Gasteiger partial charge in [0.15, 0.2) is 10.8 Å². The van der Waals surface area contributed by atoms with Crippen molar-refractivity contribution in [3.63, 3.8) is 0 Å². The Kier molecular flexibility index (Phi) is 5.57. The molecule has 0 bridgehead atoms. The zero-order chi connectivity index (χ0) is 22.1. The zero-order valence-corrected chi connectivity index (χ0v) is 18.9. The van der Waals surface area contributed by atoms with Gasteiger partial charge >= 0.3 is 5.97 Å². The van der Waals surface area contributed by atoms with E-state index in [-0.39, 0.29) is 0 Å². The Morgan fingerprint density at radius 2 is 1.91 bits per heavy atom. The smallest absolute Gasteiger partial charge is 0.341 e. The van der Waals surface area contributed by atoms with E-state index in [0.717, 1.165) is 35.6 Å². The van der Waals surface area contributed by atoms with Crippen LogP contribution in [0.4, 0.5) is 5.95 Å². The number of hydrogen-bond donors (Lipinski definition) is 0. The van der Waals surface area contributed by atoms with E-state index in [4.69, 9.17) is 4.74 Å². The van der Waals surface area contributed by atoms with Crippen LogP contribution in [0, 0.1) is 6.92 Å². The highest BCUT2D eigenvalue weighted by atomic mass is 32.2. The highest BCUT2D eigenvalue weighted by Crippen LogP contribution is 2.30. The number of pyridine rings is 1. The van der Waals surface area contributed by atoms with Gasteiger partial charge in [-0.25, -0.2) is 9.78 Å². The second-order valence-corrected chi connectivity index (χ2v) is 8.76. The Bertz CT molecular complexity index is 1260. The number of carbonyl (C=O) groups is 1. The summed E-state index contributed by atoms with van der Waals surface area (Å²) < 4.78 is 8.86. The lowest BCUT2D eigenvalue weighted by Crippen LogP contribution is -2.22. The predicted molar refractivity (Wildman–Crippen MR) is 124 cm³/mol. The molecule has 0 atom stereocenters. The highest BCUT2D eigenvalue weighted by Gasteiger charge is 2.23. The summed E-state index contributed by atoms with van der Waals surface area (Å²) in [7, 11) is 1.38. The Morgan fingerprint density at radius 3 is 2.66 bits per heavy atom. The lowest BCUT2D eigenvalue weighted by Gasteiger charge is -2.18. The standard InChI is InChI=1S/C23H24N6O2S/c1-16-7-9-18(10-8-16)29-22(27-11-3-4-12-27)25-26-23(29)32-15-17-14-28-13-5-6-19(20(28)24-17)21(30)31-2/h5-10,13-14H,3-4,11-12,15H2,1-2H3. The van der Waals surface area contributed by atoms with Crippen LogP contribution in [0.15, 0.2) is 53.9 Å². The van der Waals surface area contributed by atoms with Crippen molar-refractivity contribution in [3.8, 4) is 5.69 Å². The van der Waals surface area contributed by atoms with E-state index >= 15 is 0 Å². The van der Waals surface area contributed by atoms with Crippen LogP contribution >= 0.6 is 11.8 Å². The maximum Gasteiger partial charge on any atom is 0.341 e. The van der Waals surface area contributed by atoms with Gasteiger partial charge in [-0.05, 0) is 44.0 Å². The quantitative estimate of drug-likeness (QED) is 0.327. The van der Waals surface area contributed by atoms with Gasteiger partial charge in [0.25, 0.3) is 0 Å². The number of aromatic nitrogens is 5. The molecule has 1 aromatic carbocycles. The number of hydrogen-bond acceptors (Lipinski definition) is 7. The van der Waals surface area contributed by atoms with Crippen molar-refractivity contribution in [2.75, 3.05) is 25.1 Å². The van der Waals surface area contributed by atoms with Crippen molar-refractivity contribution < 1.29 is 9.53 Å². The summed E-state index contributed by atoms with van der Waals surface area (Å²) in [6, 6.07) is 12.0. The Labute approximate surface area is 190 Å². The summed E-state index contributed by atoms with van der Waals surface area (Å²) in [6.07, 6.45) is 6.16. The largest absolute Gasteiger partial charge is 0.465 e. The number of anilines is 1. The fourth-order valence-electron chi connectivity index (χ4n) is 3.94. The summed E-state index contributed by atoms with van der Waals surface area (Å²) >= 11 is 1.58. The second-order valence-electron chi connectivity index (χ2n) is 7.81. The molecule has 32 heavy (non-hydrogen) atoms. The van der Waals surface area contributed by atoms with Crippen LogP contribution in [0.3, 0.4) is 0 Å². The number of carbonyl (C=O) groups excluding carboxylic acids is 1. The average Bonchev–Trinajstić information content (AvgIpc) is 3.56. The van der Waals surface area contributed by atoms with Crippen LogP contribution in [0.1, 0.15) is 34.5 Å². The number of rotatable bonds is 6. The second kappa shape index (κ2) is 8.66. The predicted octanol–water partition coefficient (Wildman–Crippen LogP) is 3.90. The van der Waals surface area contributed by atoms with Crippen LogP contribution in [0.2, 0.25) is 0 Å². The third kappa shape index (κ3) is 3.84. The molecule has 0 saturated carbocycles. The van der Waals surface area contributed by atoms with Gasteiger partial charge < -0.3 is 14.0 Å². The van der Waals surface area contributed by atoms with Gasteiger partial charge in [-0.2, -0.15) is 0 Å². The van der Waals surface area contributed by atoms with Crippen molar-refractivity contribution >= 4 is 29.3 Å². The minimum Gasteiger partial charge on any atom is -0.465 e. The van der Waals surface area contributed by atoms with Crippen molar-refractivity contribution in [2.45, 2.75) is 30.7 Å². The van der Waals surface area contributed by atoms with Crippen molar-refractivity contribution in [2.24, 2.45) is 0 Å². The molecule has 1 aliphatic rings. The van der Waals surface area contributed by atoms with Gasteiger partial charge in [0.1, 0.15) is 5.56 Å². The van der Waals surface area contributed by atoms with Crippen molar-refractivity contribution in [1.82, 2.24) is 24.1 Å². The molecule has 0 radical (unpaired) electrons. The molecular weight excluding hydrogens is 424 g/mol. The molecule has 9 heteroatoms. The summed E-state index contributed by atoms with van der Waals surface area (Å²) in [4.78, 5) is 19.0. The third-order valence-corrected chi connectivity index (χ3v) is 6.55. The van der Waals surface area contributed by atoms with Gasteiger partial charge in [-0.3, -0.25) is 4.57 Å². The van der Waals surface area contributed by atoms with E-state index in [0.29, 0.717) is 17.0 Å². The molecular formula is C23H24N6O2S. The van der Waals surface area contributed by atoms with E-state index in [1.165, 1.54) is 25.5 Å². The molecule has 0 amide bonds. The van der Waals surface area contributed by atoms with Gasteiger partial charge in [0, 0.05) is 31.2 Å². The maximum absolute atomic E-state index is 12.1. The Hall–Kier alpha value is -3.33. The van der Waals surface area contributed by atoms with Crippen molar-refractivity contribution in [3.05, 3.63) is 65.6 Å². The average molecular weight is 449 g/mol. The number of esters is 1. The van der Waals surface area contributed by atoms with E-state index in [1.54, 1.807) is 17.8 Å². The fourth-order valence-corrected chi connectivity index (χ4v) is 4.77. The monoisotopic (exact) mass is 448 g/mol. The van der Waals surface area contributed by atoms with Crippen molar-refractivity contribution in [1.29, 1.82) is 0 Å². The number of nitrogens with zero attached hydrogens (tertiary/aromatic N) is 6. The number of imidazole rings is 1. The van der Waals surface area contributed by atoms with Gasteiger partial charge in [-0.15, -0.1) is 10.2 Å². The lowest BCUT2D eigenvalue weighted by atomic mass is 10.2. The topological polar surface area (TPSA) is 77.5 Å². The molecule has 0 aliphatic carbocycles. The van der Waals surface area contributed by atoms with Crippen LogP contribution in [-0.4, -0.2) is 50.3 Å². The van der Waals surface area contributed by atoms with E-state index in [9.17, 15) is 4.79 Å². The van der Waals surface area contributed by atoms with Gasteiger partial charge in [0.2, 0.25) is 5.95 Å². The number of methoxy groups -OCH3 is 1. The van der Waals surface area contributed by atoms with Crippen LogP contribution < -0.4 is 4.90 Å². The third-order valence-electron chi connectivity index (χ3n) is 5.58. The van der Waals surface area contributed by atoms with Gasteiger partial charge in [0.05, 0.1) is 18.5 Å². The molecule has 1 saturated heterocycles. The van der Waals surface area contributed by atoms with E-state index < -0.39 is 5.97 Å². The first-order chi connectivity index (χ1) is 15.6. The van der Waals surface area contributed by atoms with E-state index in [2.05, 4.69) is 55.8 Å². The number of fused-ring (bicyclic) bond motifs is 1. The first-order valence-corrected chi connectivity index (χ1v) is 11.6. The molecule has 5 rings (SSSR count). The molecule has 1 aliphatic heterocycles. The molecule has 4 heterocycles. The summed E-state index contributed by atoms with van der Waals surface area (Å²) in [5.41, 5.74) is 4.16. The number of ether oxygens (including phenoxy) is 1. The van der Waals surface area contributed by atoms with Gasteiger partial charge in [-0.1, -0.05) is 29.5 Å². The molecule has 3 aromatic heterocycles. The van der Waals surface area contributed by atoms with E-state index in [1.807, 2.05) is 22.9 Å². The molecule has 0 spiro atoms. The zero-order valence-electron chi connectivity index (χ0n) is 18.1. The molecule has 164 valence electrons. The fraction of sp³-hybridized carbons (Fsp3) is 0.304. The summed E-state index contributed by atoms with van der Waals surface area (Å²) in [5.74, 6) is 1.10. The summed E-state index contributed by atoms with van der Waals surface area (Å²) in [5, 5.41) is 9.87. The highest BCUT2D eigenvalue weighted by molar-refractivity contribution is 7.98. The molecule has 0 N–H and O–H groups in total.